The highest BCUT2D eigenvalue weighted by molar-refractivity contribution is 7.09. The van der Waals surface area contributed by atoms with Gasteiger partial charge in [-0.3, -0.25) is 4.98 Å². The summed E-state index contributed by atoms with van der Waals surface area (Å²) >= 11 is 1.59. The molecule has 0 amide bonds. The third-order valence-electron chi connectivity index (χ3n) is 2.51. The van der Waals surface area contributed by atoms with E-state index in [1.807, 2.05) is 32.2 Å². The second kappa shape index (κ2) is 5.29. The van der Waals surface area contributed by atoms with Crippen LogP contribution in [0.2, 0.25) is 0 Å². The molecule has 2 aromatic rings. The summed E-state index contributed by atoms with van der Waals surface area (Å²) in [4.78, 5) is 5.14. The quantitative estimate of drug-likeness (QED) is 0.904. The molecule has 0 aliphatic rings. The van der Waals surface area contributed by atoms with Crippen LogP contribution in [0.4, 0.5) is 0 Å². The van der Waals surface area contributed by atoms with E-state index < -0.39 is 0 Å². The molecule has 0 saturated carbocycles. The number of nitrogens with zero attached hydrogens (tertiary/aromatic N) is 1. The fourth-order valence-corrected chi connectivity index (χ4v) is 2.11. The molecular weight excluding hydrogens is 232 g/mol. The van der Waals surface area contributed by atoms with Crippen molar-refractivity contribution in [3.63, 3.8) is 0 Å². The Morgan fingerprint density at radius 3 is 2.94 bits per heavy atom. The van der Waals surface area contributed by atoms with Gasteiger partial charge in [0.15, 0.2) is 0 Å². The molecule has 0 fully saturated rings. The van der Waals surface area contributed by atoms with E-state index in [4.69, 9.17) is 10.5 Å². The van der Waals surface area contributed by atoms with Crippen molar-refractivity contribution in [2.75, 3.05) is 0 Å². The maximum Gasteiger partial charge on any atom is 0.124 e. The maximum absolute atomic E-state index is 5.92. The number of nitrogens with two attached hydrogens (primary N) is 1. The van der Waals surface area contributed by atoms with Crippen LogP contribution in [0.15, 0.2) is 29.9 Å². The highest BCUT2D eigenvalue weighted by Crippen LogP contribution is 2.26. The Bertz CT molecular complexity index is 480. The lowest BCUT2D eigenvalue weighted by molar-refractivity contribution is 0.304. The molecule has 1 heterocycles. The molecule has 0 bridgehead atoms. The molecule has 0 saturated heterocycles. The predicted molar refractivity (Wildman–Crippen MR) is 70.2 cm³/mol. The fourth-order valence-electron chi connectivity index (χ4n) is 1.61. The standard InChI is InChI=1S/C13H16N2OS/c1-9-3-4-12(10(2)14)13(5-9)16-7-11-6-15-8-17-11/h3-6,8,10H,7,14H2,1-2H3. The molecule has 17 heavy (non-hydrogen) atoms. The lowest BCUT2D eigenvalue weighted by atomic mass is 10.1. The summed E-state index contributed by atoms with van der Waals surface area (Å²) in [6, 6.07) is 6.09. The molecule has 1 aromatic heterocycles. The van der Waals surface area contributed by atoms with Crippen molar-refractivity contribution in [3.05, 3.63) is 45.9 Å². The Balaban J connectivity index is 2.16. The summed E-state index contributed by atoms with van der Waals surface area (Å²) in [5, 5.41) is 0. The summed E-state index contributed by atoms with van der Waals surface area (Å²) in [5.41, 5.74) is 9.95. The van der Waals surface area contributed by atoms with Gasteiger partial charge >= 0.3 is 0 Å². The number of ether oxygens (including phenoxy) is 1. The summed E-state index contributed by atoms with van der Waals surface area (Å²) in [7, 11) is 0. The molecule has 0 aliphatic heterocycles. The van der Waals surface area contributed by atoms with Gasteiger partial charge in [0.05, 0.1) is 10.4 Å². The van der Waals surface area contributed by atoms with Crippen molar-refractivity contribution in [1.82, 2.24) is 4.98 Å². The van der Waals surface area contributed by atoms with E-state index in [1.54, 1.807) is 16.8 Å². The zero-order chi connectivity index (χ0) is 12.3. The molecule has 0 aliphatic carbocycles. The van der Waals surface area contributed by atoms with Crippen molar-refractivity contribution in [1.29, 1.82) is 0 Å². The lowest BCUT2D eigenvalue weighted by Crippen LogP contribution is -2.08. The van der Waals surface area contributed by atoms with Crippen LogP contribution in [-0.4, -0.2) is 4.98 Å². The lowest BCUT2D eigenvalue weighted by Gasteiger charge is -2.14. The van der Waals surface area contributed by atoms with E-state index in [9.17, 15) is 0 Å². The Kier molecular flexibility index (Phi) is 3.76. The van der Waals surface area contributed by atoms with E-state index in [1.165, 1.54) is 5.56 Å². The van der Waals surface area contributed by atoms with Crippen molar-refractivity contribution < 1.29 is 4.74 Å². The number of aryl methyl sites for hydroxylation is 1. The smallest absolute Gasteiger partial charge is 0.124 e. The largest absolute Gasteiger partial charge is 0.488 e. The van der Waals surface area contributed by atoms with E-state index in [0.29, 0.717) is 6.61 Å². The summed E-state index contributed by atoms with van der Waals surface area (Å²) in [6.07, 6.45) is 1.83. The number of rotatable bonds is 4. The molecule has 1 unspecified atom stereocenters. The minimum atomic E-state index is -0.0212. The van der Waals surface area contributed by atoms with E-state index in [0.717, 1.165) is 16.2 Å². The van der Waals surface area contributed by atoms with Crippen LogP contribution in [0.3, 0.4) is 0 Å². The highest BCUT2D eigenvalue weighted by atomic mass is 32.1. The van der Waals surface area contributed by atoms with Gasteiger partial charge in [-0.1, -0.05) is 12.1 Å². The van der Waals surface area contributed by atoms with Crippen molar-refractivity contribution in [2.24, 2.45) is 5.73 Å². The monoisotopic (exact) mass is 248 g/mol. The Morgan fingerprint density at radius 1 is 1.47 bits per heavy atom. The second-order valence-electron chi connectivity index (χ2n) is 4.09. The second-order valence-corrected chi connectivity index (χ2v) is 5.06. The molecule has 90 valence electrons. The van der Waals surface area contributed by atoms with Gasteiger partial charge in [0, 0.05) is 17.8 Å². The zero-order valence-corrected chi connectivity index (χ0v) is 10.8. The van der Waals surface area contributed by atoms with Crippen LogP contribution >= 0.6 is 11.3 Å². The first-order valence-corrected chi connectivity index (χ1v) is 6.41. The topological polar surface area (TPSA) is 48.1 Å². The van der Waals surface area contributed by atoms with Gasteiger partial charge in [-0.15, -0.1) is 11.3 Å². The molecule has 1 aromatic carbocycles. The third-order valence-corrected chi connectivity index (χ3v) is 3.27. The first kappa shape index (κ1) is 12.1. The molecule has 0 spiro atoms. The number of hydrogen-bond acceptors (Lipinski definition) is 4. The van der Waals surface area contributed by atoms with Crippen LogP contribution < -0.4 is 10.5 Å². The van der Waals surface area contributed by atoms with Crippen LogP contribution in [-0.2, 0) is 6.61 Å². The summed E-state index contributed by atoms with van der Waals surface area (Å²) < 4.78 is 5.81. The minimum Gasteiger partial charge on any atom is -0.488 e. The Morgan fingerprint density at radius 2 is 2.29 bits per heavy atom. The van der Waals surface area contributed by atoms with Crippen LogP contribution in [0.1, 0.15) is 29.0 Å². The van der Waals surface area contributed by atoms with Gasteiger partial charge in [-0.2, -0.15) is 0 Å². The van der Waals surface area contributed by atoms with E-state index >= 15 is 0 Å². The molecular formula is C13H16N2OS. The maximum atomic E-state index is 5.92. The average molecular weight is 248 g/mol. The van der Waals surface area contributed by atoms with Crippen LogP contribution in [0.5, 0.6) is 5.75 Å². The van der Waals surface area contributed by atoms with Gasteiger partial charge < -0.3 is 10.5 Å². The molecule has 2 rings (SSSR count). The van der Waals surface area contributed by atoms with Crippen molar-refractivity contribution in [2.45, 2.75) is 26.5 Å². The number of hydrogen-bond donors (Lipinski definition) is 1. The predicted octanol–water partition coefficient (Wildman–Crippen LogP) is 3.05. The Hall–Kier alpha value is -1.39. The van der Waals surface area contributed by atoms with Crippen molar-refractivity contribution >= 4 is 11.3 Å². The minimum absolute atomic E-state index is 0.0212. The molecule has 4 heteroatoms. The number of aromatic nitrogens is 1. The summed E-state index contributed by atoms with van der Waals surface area (Å²) in [6.45, 7) is 4.56. The molecule has 1 atom stereocenters. The normalized spacial score (nSPS) is 12.4. The van der Waals surface area contributed by atoms with Gasteiger partial charge in [0.25, 0.3) is 0 Å². The molecule has 3 nitrogen and oxygen atoms in total. The van der Waals surface area contributed by atoms with Crippen molar-refractivity contribution in [3.8, 4) is 5.75 Å². The fraction of sp³-hybridized carbons (Fsp3) is 0.308. The molecule has 2 N–H and O–H groups in total. The zero-order valence-electron chi connectivity index (χ0n) is 10.0. The van der Waals surface area contributed by atoms with Crippen LogP contribution in [0.25, 0.3) is 0 Å². The van der Waals surface area contributed by atoms with Gasteiger partial charge in [0.1, 0.15) is 12.4 Å². The third kappa shape index (κ3) is 3.05. The number of thiazole rings is 1. The average Bonchev–Trinajstić information content (AvgIpc) is 2.78. The van der Waals surface area contributed by atoms with Gasteiger partial charge in [-0.25, -0.2) is 0 Å². The number of benzene rings is 1. The van der Waals surface area contributed by atoms with E-state index in [-0.39, 0.29) is 6.04 Å². The highest BCUT2D eigenvalue weighted by Gasteiger charge is 2.08. The van der Waals surface area contributed by atoms with E-state index in [2.05, 4.69) is 11.1 Å². The molecule has 0 radical (unpaired) electrons. The SMILES string of the molecule is Cc1ccc(C(C)N)c(OCc2cncs2)c1. The first-order chi connectivity index (χ1) is 8.16. The van der Waals surface area contributed by atoms with Gasteiger partial charge in [0.2, 0.25) is 0 Å². The summed E-state index contributed by atoms with van der Waals surface area (Å²) in [5.74, 6) is 0.869. The van der Waals surface area contributed by atoms with Crippen LogP contribution in [0, 0.1) is 6.92 Å². The van der Waals surface area contributed by atoms with Gasteiger partial charge in [-0.05, 0) is 25.5 Å². The first-order valence-electron chi connectivity index (χ1n) is 5.53. The Labute approximate surface area is 105 Å².